The van der Waals surface area contributed by atoms with Gasteiger partial charge in [-0.15, -0.1) is 0 Å². The fourth-order valence-corrected chi connectivity index (χ4v) is 2.40. The molecule has 1 aliphatic carbocycles. The van der Waals surface area contributed by atoms with E-state index in [0.717, 1.165) is 23.2 Å². The summed E-state index contributed by atoms with van der Waals surface area (Å²) in [6.45, 7) is 5.10. The van der Waals surface area contributed by atoms with Gasteiger partial charge in [-0.2, -0.15) is 0 Å². The van der Waals surface area contributed by atoms with Gasteiger partial charge in [-0.3, -0.25) is 9.59 Å². The Morgan fingerprint density at radius 2 is 1.95 bits per heavy atom. The van der Waals surface area contributed by atoms with E-state index in [0.29, 0.717) is 26.0 Å². The minimum atomic E-state index is -0.886. The largest absolute Gasteiger partial charge is 0.385 e. The van der Waals surface area contributed by atoms with E-state index < -0.39 is 5.41 Å². The van der Waals surface area contributed by atoms with Gasteiger partial charge in [0, 0.05) is 25.9 Å². The summed E-state index contributed by atoms with van der Waals surface area (Å²) in [4.78, 5) is 24.8. The zero-order chi connectivity index (χ0) is 16.2. The molecule has 1 fully saturated rings. The summed E-state index contributed by atoms with van der Waals surface area (Å²) in [7, 11) is 1.63. The molecule has 1 aromatic rings. The highest BCUT2D eigenvalue weighted by Gasteiger charge is 2.56. The second kappa shape index (κ2) is 6.92. The molecule has 5 heteroatoms. The van der Waals surface area contributed by atoms with Crippen LogP contribution in [-0.4, -0.2) is 32.1 Å². The van der Waals surface area contributed by atoms with Crippen molar-refractivity contribution >= 4 is 17.5 Å². The summed E-state index contributed by atoms with van der Waals surface area (Å²) < 4.78 is 4.95. The maximum atomic E-state index is 12.5. The Kier molecular flexibility index (Phi) is 5.19. The van der Waals surface area contributed by atoms with E-state index >= 15 is 0 Å². The fraction of sp³-hybridized carbons (Fsp3) is 0.529. The lowest BCUT2D eigenvalue weighted by atomic mass is 10.0. The maximum absolute atomic E-state index is 12.5. The van der Waals surface area contributed by atoms with E-state index in [2.05, 4.69) is 10.6 Å². The number of carbonyl (C=O) groups is 2. The molecule has 120 valence electrons. The predicted molar refractivity (Wildman–Crippen MR) is 85.7 cm³/mol. The maximum Gasteiger partial charge on any atom is 0.240 e. The fourth-order valence-electron chi connectivity index (χ4n) is 2.40. The molecule has 0 aromatic heterocycles. The van der Waals surface area contributed by atoms with Crippen molar-refractivity contribution in [2.24, 2.45) is 5.41 Å². The van der Waals surface area contributed by atoms with E-state index in [9.17, 15) is 9.59 Å². The number of benzene rings is 1. The van der Waals surface area contributed by atoms with Gasteiger partial charge in [0.05, 0.1) is 0 Å². The Labute approximate surface area is 131 Å². The summed E-state index contributed by atoms with van der Waals surface area (Å²) in [5.41, 5.74) is 2.05. The van der Waals surface area contributed by atoms with E-state index in [1.807, 2.05) is 32.0 Å². The van der Waals surface area contributed by atoms with Crippen LogP contribution in [0, 0.1) is 19.3 Å². The number of carbonyl (C=O) groups excluding carboxylic acids is 2. The van der Waals surface area contributed by atoms with E-state index in [4.69, 9.17) is 4.74 Å². The zero-order valence-electron chi connectivity index (χ0n) is 13.5. The molecule has 0 unspecified atom stereocenters. The van der Waals surface area contributed by atoms with Crippen LogP contribution < -0.4 is 10.6 Å². The van der Waals surface area contributed by atoms with Gasteiger partial charge >= 0.3 is 0 Å². The Morgan fingerprint density at radius 1 is 1.23 bits per heavy atom. The van der Waals surface area contributed by atoms with Gasteiger partial charge < -0.3 is 15.4 Å². The minimum absolute atomic E-state index is 0.175. The van der Waals surface area contributed by atoms with Crippen LogP contribution in [0.1, 0.15) is 30.4 Å². The zero-order valence-corrected chi connectivity index (χ0v) is 13.5. The van der Waals surface area contributed by atoms with Crippen molar-refractivity contribution in [2.75, 3.05) is 25.6 Å². The van der Waals surface area contributed by atoms with Gasteiger partial charge in [0.15, 0.2) is 0 Å². The van der Waals surface area contributed by atoms with Crippen molar-refractivity contribution < 1.29 is 14.3 Å². The predicted octanol–water partition coefficient (Wildman–Crippen LogP) is 2.17. The number of ether oxygens (including phenoxy) is 1. The quantitative estimate of drug-likeness (QED) is 0.599. The lowest BCUT2D eigenvalue weighted by Crippen LogP contribution is -2.40. The third kappa shape index (κ3) is 3.47. The van der Waals surface area contributed by atoms with Gasteiger partial charge in [-0.25, -0.2) is 0 Å². The lowest BCUT2D eigenvalue weighted by Gasteiger charge is -2.17. The average Bonchev–Trinajstić information content (AvgIpc) is 3.30. The first-order chi connectivity index (χ1) is 10.5. The third-order valence-corrected chi connectivity index (χ3v) is 4.28. The molecule has 1 saturated carbocycles. The van der Waals surface area contributed by atoms with Crippen molar-refractivity contribution in [2.45, 2.75) is 33.1 Å². The summed E-state index contributed by atoms with van der Waals surface area (Å²) in [6, 6.07) is 5.77. The van der Waals surface area contributed by atoms with Gasteiger partial charge in [0.25, 0.3) is 0 Å². The monoisotopic (exact) mass is 304 g/mol. The molecule has 0 atom stereocenters. The molecule has 0 spiro atoms. The van der Waals surface area contributed by atoms with Gasteiger partial charge in [-0.05, 0) is 50.3 Å². The van der Waals surface area contributed by atoms with Gasteiger partial charge in [0.1, 0.15) is 5.41 Å². The summed E-state index contributed by atoms with van der Waals surface area (Å²) in [5, 5.41) is 5.74. The third-order valence-electron chi connectivity index (χ3n) is 4.28. The Bertz CT molecular complexity index is 565. The van der Waals surface area contributed by atoms with E-state index in [1.165, 1.54) is 0 Å². The van der Waals surface area contributed by atoms with Crippen LogP contribution in [0.15, 0.2) is 18.2 Å². The molecule has 0 heterocycles. The Hall–Kier alpha value is -1.88. The van der Waals surface area contributed by atoms with Crippen molar-refractivity contribution in [3.05, 3.63) is 29.3 Å². The van der Waals surface area contributed by atoms with Crippen LogP contribution in [0.25, 0.3) is 0 Å². The molecular formula is C17H24N2O3. The molecule has 22 heavy (non-hydrogen) atoms. The first-order valence-corrected chi connectivity index (χ1v) is 7.66. The molecule has 0 bridgehead atoms. The molecule has 2 N–H and O–H groups in total. The highest BCUT2D eigenvalue weighted by atomic mass is 16.5. The van der Waals surface area contributed by atoms with Crippen LogP contribution in [0.5, 0.6) is 0 Å². The van der Waals surface area contributed by atoms with Gasteiger partial charge in [-0.1, -0.05) is 12.1 Å². The molecule has 2 amide bonds. The normalized spacial score (nSPS) is 15.2. The molecule has 1 aliphatic rings. The number of rotatable bonds is 7. The first-order valence-electron chi connectivity index (χ1n) is 7.66. The second-order valence-corrected chi connectivity index (χ2v) is 5.89. The van der Waals surface area contributed by atoms with Crippen LogP contribution in [0.3, 0.4) is 0 Å². The number of nitrogens with one attached hydrogen (secondary N) is 2. The van der Waals surface area contributed by atoms with Crippen LogP contribution >= 0.6 is 0 Å². The molecule has 2 rings (SSSR count). The van der Waals surface area contributed by atoms with Crippen LogP contribution in [-0.2, 0) is 14.3 Å². The number of amides is 2. The van der Waals surface area contributed by atoms with Gasteiger partial charge in [0.2, 0.25) is 11.8 Å². The molecule has 5 nitrogen and oxygen atoms in total. The van der Waals surface area contributed by atoms with Crippen molar-refractivity contribution in [1.29, 1.82) is 0 Å². The van der Waals surface area contributed by atoms with E-state index in [1.54, 1.807) is 7.11 Å². The SMILES string of the molecule is COCCCNC(=O)C1(C(=O)Nc2cccc(C)c2C)CC1. The summed E-state index contributed by atoms with van der Waals surface area (Å²) >= 11 is 0. The van der Waals surface area contributed by atoms with Crippen molar-refractivity contribution in [1.82, 2.24) is 5.32 Å². The standard InChI is InChI=1S/C17H24N2O3/c1-12-6-4-7-14(13(12)2)19-16(21)17(8-9-17)15(20)18-10-5-11-22-3/h4,6-7H,5,8-11H2,1-3H3,(H,18,20)(H,19,21). The minimum Gasteiger partial charge on any atom is -0.385 e. The lowest BCUT2D eigenvalue weighted by molar-refractivity contribution is -0.134. The number of hydrogen-bond acceptors (Lipinski definition) is 3. The Balaban J connectivity index is 1.96. The van der Waals surface area contributed by atoms with Crippen molar-refractivity contribution in [3.63, 3.8) is 0 Å². The molecule has 0 aliphatic heterocycles. The first kappa shape index (κ1) is 16.5. The average molecular weight is 304 g/mol. The summed E-state index contributed by atoms with van der Waals surface area (Å²) in [5.74, 6) is -0.378. The van der Waals surface area contributed by atoms with Crippen LogP contribution in [0.4, 0.5) is 5.69 Å². The van der Waals surface area contributed by atoms with E-state index in [-0.39, 0.29) is 11.8 Å². The second-order valence-electron chi connectivity index (χ2n) is 5.89. The highest BCUT2D eigenvalue weighted by Crippen LogP contribution is 2.47. The van der Waals surface area contributed by atoms with Crippen LogP contribution in [0.2, 0.25) is 0 Å². The topological polar surface area (TPSA) is 67.4 Å². The van der Waals surface area contributed by atoms with Crippen molar-refractivity contribution in [3.8, 4) is 0 Å². The molecule has 0 radical (unpaired) electrons. The smallest absolute Gasteiger partial charge is 0.240 e. The molecule has 0 saturated heterocycles. The number of anilines is 1. The summed E-state index contributed by atoms with van der Waals surface area (Å²) in [6.07, 6.45) is 1.97. The number of methoxy groups -OCH3 is 1. The number of hydrogen-bond donors (Lipinski definition) is 2. The molecule has 1 aromatic carbocycles. The number of aryl methyl sites for hydroxylation is 1. The molecular weight excluding hydrogens is 280 g/mol. The Morgan fingerprint density at radius 3 is 2.59 bits per heavy atom. The highest BCUT2D eigenvalue weighted by molar-refractivity contribution is 6.13.